The average molecular weight is 402 g/mol. The fraction of sp³-hybridized carbons (Fsp3) is 0.389. The third-order valence-electron chi connectivity index (χ3n) is 4.61. The smallest absolute Gasteiger partial charge is 0.246 e. The Morgan fingerprint density at radius 3 is 2.61 bits per heavy atom. The molecule has 0 spiro atoms. The molecule has 0 atom stereocenters. The molecule has 1 amide bonds. The van der Waals surface area contributed by atoms with E-state index in [4.69, 9.17) is 16.1 Å². The number of carbonyl (C=O) groups excluding carboxylic acids is 1. The maximum Gasteiger partial charge on any atom is 0.246 e. The Labute approximate surface area is 166 Å². The Balaban J connectivity index is 1.29. The summed E-state index contributed by atoms with van der Waals surface area (Å²) in [5, 5.41) is 16.8. The molecule has 10 heteroatoms. The highest BCUT2D eigenvalue weighted by molar-refractivity contribution is 6.30. The molecule has 2 aromatic heterocycles. The van der Waals surface area contributed by atoms with Crippen LogP contribution in [0.25, 0.3) is 11.4 Å². The predicted molar refractivity (Wildman–Crippen MR) is 101 cm³/mol. The van der Waals surface area contributed by atoms with Gasteiger partial charge in [0.25, 0.3) is 0 Å². The van der Waals surface area contributed by atoms with E-state index in [-0.39, 0.29) is 12.5 Å². The first kappa shape index (κ1) is 18.6. The lowest BCUT2D eigenvalue weighted by Gasteiger charge is -2.34. The second-order valence-corrected chi connectivity index (χ2v) is 7.18. The maximum atomic E-state index is 12.6. The van der Waals surface area contributed by atoms with E-state index in [2.05, 4.69) is 25.5 Å². The highest BCUT2D eigenvalue weighted by Crippen LogP contribution is 2.17. The van der Waals surface area contributed by atoms with Gasteiger partial charge in [-0.2, -0.15) is 4.80 Å². The van der Waals surface area contributed by atoms with E-state index in [0.717, 1.165) is 30.1 Å². The molecule has 0 radical (unpaired) electrons. The maximum absolute atomic E-state index is 12.6. The fourth-order valence-electron chi connectivity index (χ4n) is 3.11. The SMILES string of the molecule is Cc1cc(CN2CCN(C(=O)Cn3nnc(-c4ccc(Cl)cc4)n3)CC2)on1. The van der Waals surface area contributed by atoms with Crippen molar-refractivity contribution in [1.82, 2.24) is 35.2 Å². The van der Waals surface area contributed by atoms with Crippen molar-refractivity contribution in [2.45, 2.75) is 20.0 Å². The Morgan fingerprint density at radius 2 is 1.93 bits per heavy atom. The van der Waals surface area contributed by atoms with Crippen LogP contribution in [0.5, 0.6) is 0 Å². The summed E-state index contributed by atoms with van der Waals surface area (Å²) in [6.45, 7) is 5.56. The number of hydrogen-bond donors (Lipinski definition) is 0. The molecule has 3 heterocycles. The van der Waals surface area contributed by atoms with Crippen molar-refractivity contribution < 1.29 is 9.32 Å². The van der Waals surface area contributed by atoms with Crippen LogP contribution < -0.4 is 0 Å². The van der Waals surface area contributed by atoms with E-state index in [1.54, 1.807) is 12.1 Å². The van der Waals surface area contributed by atoms with Crippen LogP contribution in [0.15, 0.2) is 34.9 Å². The number of hydrogen-bond acceptors (Lipinski definition) is 7. The summed E-state index contributed by atoms with van der Waals surface area (Å²) in [6, 6.07) is 9.11. The lowest BCUT2D eigenvalue weighted by Crippen LogP contribution is -2.49. The predicted octanol–water partition coefficient (Wildman–Crippen LogP) is 1.63. The van der Waals surface area contributed by atoms with Crippen LogP contribution in [0, 0.1) is 6.92 Å². The third kappa shape index (κ3) is 4.37. The summed E-state index contributed by atoms with van der Waals surface area (Å²) in [7, 11) is 0. The van der Waals surface area contributed by atoms with Crippen LogP contribution in [0.3, 0.4) is 0 Å². The first-order valence-electron chi connectivity index (χ1n) is 9.03. The van der Waals surface area contributed by atoms with E-state index in [9.17, 15) is 4.79 Å². The van der Waals surface area contributed by atoms with Crippen LogP contribution in [0.1, 0.15) is 11.5 Å². The Hall–Kier alpha value is -2.78. The van der Waals surface area contributed by atoms with E-state index in [1.807, 2.05) is 30.0 Å². The van der Waals surface area contributed by atoms with Crippen LogP contribution in [0.2, 0.25) is 5.02 Å². The quantitative estimate of drug-likeness (QED) is 0.641. The van der Waals surface area contributed by atoms with Gasteiger partial charge < -0.3 is 9.42 Å². The van der Waals surface area contributed by atoms with Crippen molar-refractivity contribution in [3.05, 3.63) is 46.8 Å². The highest BCUT2D eigenvalue weighted by Gasteiger charge is 2.23. The molecule has 1 fully saturated rings. The topological polar surface area (TPSA) is 93.2 Å². The molecule has 1 aromatic carbocycles. The molecule has 0 saturated carbocycles. The first-order chi connectivity index (χ1) is 13.6. The van der Waals surface area contributed by atoms with Crippen molar-refractivity contribution in [2.24, 2.45) is 0 Å². The van der Waals surface area contributed by atoms with Crippen LogP contribution >= 0.6 is 11.6 Å². The van der Waals surface area contributed by atoms with E-state index >= 15 is 0 Å². The van der Waals surface area contributed by atoms with Gasteiger partial charge in [0.15, 0.2) is 5.76 Å². The molecule has 146 valence electrons. The monoisotopic (exact) mass is 401 g/mol. The third-order valence-corrected chi connectivity index (χ3v) is 4.87. The molecule has 4 rings (SSSR count). The lowest BCUT2D eigenvalue weighted by molar-refractivity contribution is -0.134. The minimum Gasteiger partial charge on any atom is -0.360 e. The zero-order valence-corrected chi connectivity index (χ0v) is 16.2. The molecule has 0 unspecified atom stereocenters. The second-order valence-electron chi connectivity index (χ2n) is 6.74. The largest absolute Gasteiger partial charge is 0.360 e. The molecule has 9 nitrogen and oxygen atoms in total. The van der Waals surface area contributed by atoms with Gasteiger partial charge in [0.05, 0.1) is 12.2 Å². The van der Waals surface area contributed by atoms with Crippen molar-refractivity contribution in [1.29, 1.82) is 0 Å². The van der Waals surface area contributed by atoms with Crippen LogP contribution in [-0.2, 0) is 17.9 Å². The van der Waals surface area contributed by atoms with E-state index < -0.39 is 0 Å². The molecule has 3 aromatic rings. The minimum atomic E-state index is -0.0183. The Morgan fingerprint density at radius 1 is 1.18 bits per heavy atom. The summed E-state index contributed by atoms with van der Waals surface area (Å²) in [5.41, 5.74) is 1.68. The number of rotatable bonds is 5. The molecule has 0 N–H and O–H groups in total. The van der Waals surface area contributed by atoms with Crippen LogP contribution in [-0.4, -0.2) is 67.2 Å². The minimum absolute atomic E-state index is 0.0183. The van der Waals surface area contributed by atoms with Crippen molar-refractivity contribution >= 4 is 17.5 Å². The van der Waals surface area contributed by atoms with Gasteiger partial charge in [0.1, 0.15) is 6.54 Å². The molecule has 0 aliphatic carbocycles. The average Bonchev–Trinajstić information content (AvgIpc) is 3.32. The number of benzene rings is 1. The van der Waals surface area contributed by atoms with Gasteiger partial charge >= 0.3 is 0 Å². The molecular formula is C18H20ClN7O2. The first-order valence-corrected chi connectivity index (χ1v) is 9.41. The lowest BCUT2D eigenvalue weighted by atomic mass is 10.2. The Bertz CT molecular complexity index is 945. The summed E-state index contributed by atoms with van der Waals surface area (Å²) >= 11 is 5.89. The van der Waals surface area contributed by atoms with Gasteiger partial charge in [-0.15, -0.1) is 10.2 Å². The van der Waals surface area contributed by atoms with E-state index in [1.165, 1.54) is 4.80 Å². The molecule has 0 bridgehead atoms. The summed E-state index contributed by atoms with van der Waals surface area (Å²) in [6.07, 6.45) is 0. The van der Waals surface area contributed by atoms with Gasteiger partial charge in [0.2, 0.25) is 11.7 Å². The number of nitrogens with zero attached hydrogens (tertiary/aromatic N) is 7. The number of aromatic nitrogens is 5. The number of piperazine rings is 1. The molecular weight excluding hydrogens is 382 g/mol. The second kappa shape index (κ2) is 8.07. The molecule has 1 saturated heterocycles. The molecule has 1 aliphatic rings. The van der Waals surface area contributed by atoms with Gasteiger partial charge in [-0.25, -0.2) is 0 Å². The van der Waals surface area contributed by atoms with Gasteiger partial charge in [-0.3, -0.25) is 9.69 Å². The van der Waals surface area contributed by atoms with E-state index in [0.29, 0.717) is 30.5 Å². The Kier molecular flexibility index (Phi) is 5.36. The summed E-state index contributed by atoms with van der Waals surface area (Å²) in [4.78, 5) is 18.0. The number of carbonyl (C=O) groups is 1. The zero-order chi connectivity index (χ0) is 19.5. The fourth-order valence-corrected chi connectivity index (χ4v) is 3.24. The van der Waals surface area contributed by atoms with Crippen molar-refractivity contribution in [2.75, 3.05) is 26.2 Å². The van der Waals surface area contributed by atoms with Crippen molar-refractivity contribution in [3.8, 4) is 11.4 Å². The molecule has 1 aliphatic heterocycles. The summed E-state index contributed by atoms with van der Waals surface area (Å²) in [5.74, 6) is 1.30. The highest BCUT2D eigenvalue weighted by atomic mass is 35.5. The van der Waals surface area contributed by atoms with Crippen molar-refractivity contribution in [3.63, 3.8) is 0 Å². The molecule has 28 heavy (non-hydrogen) atoms. The van der Waals surface area contributed by atoms with Gasteiger partial charge in [0, 0.05) is 42.8 Å². The van der Waals surface area contributed by atoms with Crippen LogP contribution in [0.4, 0.5) is 0 Å². The number of aryl methyl sites for hydroxylation is 1. The number of tetrazole rings is 1. The zero-order valence-electron chi connectivity index (χ0n) is 15.5. The standard InChI is InChI=1S/C18H20ClN7O2/c1-13-10-16(28-22-13)11-24-6-8-25(9-7-24)17(27)12-26-21-18(20-23-26)14-2-4-15(19)5-3-14/h2-5,10H,6-9,11-12H2,1H3. The number of halogens is 1. The summed E-state index contributed by atoms with van der Waals surface area (Å²) < 4.78 is 5.26. The normalized spacial score (nSPS) is 15.1. The van der Waals surface area contributed by atoms with Gasteiger partial charge in [-0.1, -0.05) is 16.8 Å². The van der Waals surface area contributed by atoms with Gasteiger partial charge in [-0.05, 0) is 36.4 Å². The number of amides is 1.